The smallest absolute Gasteiger partial charge is 0.271 e. The van der Waals surface area contributed by atoms with Crippen LogP contribution in [0.1, 0.15) is 40.9 Å². The average molecular weight is 457 g/mol. The van der Waals surface area contributed by atoms with Gasteiger partial charge < -0.3 is 14.8 Å². The molecule has 0 heterocycles. The van der Waals surface area contributed by atoms with E-state index in [1.807, 2.05) is 19.1 Å². The van der Waals surface area contributed by atoms with Gasteiger partial charge in [0.15, 0.2) is 11.5 Å². The van der Waals surface area contributed by atoms with E-state index in [4.69, 9.17) is 9.47 Å². The van der Waals surface area contributed by atoms with Gasteiger partial charge in [-0.05, 0) is 61.0 Å². The van der Waals surface area contributed by atoms with Crippen molar-refractivity contribution in [3.05, 3.63) is 89.0 Å². The SMILES string of the molecule is CCOc1cc(/C=N\NC(=O)c2ccc(NC(C)=O)cc2)ccc1OCc1ccccc1C#N. The van der Waals surface area contributed by atoms with Crippen molar-refractivity contribution in [3.63, 3.8) is 0 Å². The summed E-state index contributed by atoms with van der Waals surface area (Å²) in [5.74, 6) is 0.499. The van der Waals surface area contributed by atoms with Gasteiger partial charge >= 0.3 is 0 Å². The molecule has 0 aliphatic rings. The molecular formula is C26H24N4O4. The zero-order chi connectivity index (χ0) is 24.3. The highest BCUT2D eigenvalue weighted by Crippen LogP contribution is 2.29. The van der Waals surface area contributed by atoms with Crippen molar-refractivity contribution < 1.29 is 19.1 Å². The first kappa shape index (κ1) is 24.0. The van der Waals surface area contributed by atoms with E-state index in [0.717, 1.165) is 5.56 Å². The highest BCUT2D eigenvalue weighted by Gasteiger charge is 2.09. The van der Waals surface area contributed by atoms with Crippen molar-refractivity contribution in [1.29, 1.82) is 5.26 Å². The molecule has 0 aliphatic carbocycles. The lowest BCUT2D eigenvalue weighted by Crippen LogP contribution is -2.17. The summed E-state index contributed by atoms with van der Waals surface area (Å²) in [5, 5.41) is 15.9. The van der Waals surface area contributed by atoms with Gasteiger partial charge in [0.05, 0.1) is 24.5 Å². The second kappa shape index (κ2) is 11.8. The summed E-state index contributed by atoms with van der Waals surface area (Å²) in [6.07, 6.45) is 1.50. The minimum atomic E-state index is -0.383. The fourth-order valence-corrected chi connectivity index (χ4v) is 3.04. The van der Waals surface area contributed by atoms with E-state index >= 15 is 0 Å². The van der Waals surface area contributed by atoms with Crippen molar-refractivity contribution in [1.82, 2.24) is 5.43 Å². The van der Waals surface area contributed by atoms with Crippen LogP contribution in [0, 0.1) is 11.3 Å². The fraction of sp³-hybridized carbons (Fsp3) is 0.154. The Morgan fingerprint density at radius 3 is 2.50 bits per heavy atom. The Kier molecular flexibility index (Phi) is 8.36. The Labute approximate surface area is 197 Å². The molecule has 172 valence electrons. The molecule has 3 rings (SSSR count). The molecule has 3 aromatic carbocycles. The first-order valence-corrected chi connectivity index (χ1v) is 10.6. The molecule has 0 aromatic heterocycles. The maximum absolute atomic E-state index is 12.3. The third-order valence-electron chi connectivity index (χ3n) is 4.64. The van der Waals surface area contributed by atoms with Crippen LogP contribution in [0.4, 0.5) is 5.69 Å². The minimum absolute atomic E-state index is 0.184. The lowest BCUT2D eigenvalue weighted by molar-refractivity contribution is -0.114. The van der Waals surface area contributed by atoms with Crippen molar-refractivity contribution in [3.8, 4) is 17.6 Å². The molecule has 0 spiro atoms. The first-order chi connectivity index (χ1) is 16.5. The van der Waals surface area contributed by atoms with Crippen LogP contribution in [0.5, 0.6) is 11.5 Å². The van der Waals surface area contributed by atoms with Crippen molar-refractivity contribution in [2.45, 2.75) is 20.5 Å². The number of rotatable bonds is 9. The molecule has 0 fully saturated rings. The molecule has 0 saturated carbocycles. The first-order valence-electron chi connectivity index (χ1n) is 10.6. The molecule has 0 radical (unpaired) electrons. The Hall–Kier alpha value is -4.64. The number of ether oxygens (including phenoxy) is 2. The molecule has 0 unspecified atom stereocenters. The lowest BCUT2D eigenvalue weighted by atomic mass is 10.1. The van der Waals surface area contributed by atoms with Gasteiger partial charge in [-0.25, -0.2) is 5.43 Å². The lowest BCUT2D eigenvalue weighted by Gasteiger charge is -2.13. The normalized spacial score (nSPS) is 10.4. The summed E-state index contributed by atoms with van der Waals surface area (Å²) < 4.78 is 11.6. The monoisotopic (exact) mass is 456 g/mol. The largest absolute Gasteiger partial charge is 0.490 e. The second-order valence-corrected chi connectivity index (χ2v) is 7.15. The standard InChI is InChI=1S/C26H24N4O4/c1-3-33-25-14-19(8-13-24(25)34-17-22-7-5-4-6-21(22)15-27)16-28-30-26(32)20-9-11-23(12-10-20)29-18(2)31/h4-14,16H,3,17H2,1-2H3,(H,29,31)(H,30,32)/b28-16-. The number of hydrogen-bond donors (Lipinski definition) is 2. The van der Waals surface area contributed by atoms with Gasteiger partial charge in [0.1, 0.15) is 6.61 Å². The van der Waals surface area contributed by atoms with E-state index in [2.05, 4.69) is 21.9 Å². The number of nitrogens with one attached hydrogen (secondary N) is 2. The number of hydrazone groups is 1. The van der Waals surface area contributed by atoms with Gasteiger partial charge in [0.25, 0.3) is 5.91 Å². The molecule has 0 atom stereocenters. The Bertz CT molecular complexity index is 1230. The summed E-state index contributed by atoms with van der Waals surface area (Å²) in [6.45, 7) is 3.96. The van der Waals surface area contributed by atoms with E-state index in [1.54, 1.807) is 54.6 Å². The van der Waals surface area contributed by atoms with Crippen molar-refractivity contribution in [2.24, 2.45) is 5.10 Å². The van der Waals surface area contributed by atoms with Crippen molar-refractivity contribution in [2.75, 3.05) is 11.9 Å². The zero-order valence-corrected chi connectivity index (χ0v) is 18.9. The number of nitriles is 1. The summed E-state index contributed by atoms with van der Waals surface area (Å²) in [7, 11) is 0. The topological polar surface area (TPSA) is 113 Å². The molecule has 0 saturated heterocycles. The molecule has 8 nitrogen and oxygen atoms in total. The number of nitrogens with zero attached hydrogens (tertiary/aromatic N) is 2. The molecule has 2 N–H and O–H groups in total. The van der Waals surface area contributed by atoms with E-state index in [0.29, 0.717) is 40.5 Å². The van der Waals surface area contributed by atoms with E-state index in [1.165, 1.54) is 13.1 Å². The average Bonchev–Trinajstić information content (AvgIpc) is 2.84. The molecule has 2 amide bonds. The van der Waals surface area contributed by atoms with E-state index in [-0.39, 0.29) is 18.4 Å². The van der Waals surface area contributed by atoms with Gasteiger partial charge in [-0.2, -0.15) is 10.4 Å². The van der Waals surface area contributed by atoms with Gasteiger partial charge in [-0.3, -0.25) is 9.59 Å². The van der Waals surface area contributed by atoms with Crippen LogP contribution in [0.15, 0.2) is 71.8 Å². The predicted molar refractivity (Wildman–Crippen MR) is 129 cm³/mol. The van der Waals surface area contributed by atoms with Crippen LogP contribution in [-0.4, -0.2) is 24.6 Å². The van der Waals surface area contributed by atoms with Crippen LogP contribution < -0.4 is 20.2 Å². The summed E-state index contributed by atoms with van der Waals surface area (Å²) in [4.78, 5) is 23.4. The van der Waals surface area contributed by atoms with E-state index < -0.39 is 0 Å². The molecule has 3 aromatic rings. The van der Waals surface area contributed by atoms with Crippen molar-refractivity contribution >= 4 is 23.7 Å². The maximum Gasteiger partial charge on any atom is 0.271 e. The third-order valence-corrected chi connectivity index (χ3v) is 4.64. The number of anilines is 1. The number of carbonyl (C=O) groups is 2. The maximum atomic E-state index is 12.3. The third kappa shape index (κ3) is 6.68. The van der Waals surface area contributed by atoms with Crippen LogP contribution in [0.25, 0.3) is 0 Å². The second-order valence-electron chi connectivity index (χ2n) is 7.15. The van der Waals surface area contributed by atoms with Gasteiger partial charge in [-0.15, -0.1) is 0 Å². The van der Waals surface area contributed by atoms with E-state index in [9.17, 15) is 14.9 Å². The highest BCUT2D eigenvalue weighted by molar-refractivity contribution is 5.96. The Morgan fingerprint density at radius 1 is 1.03 bits per heavy atom. The number of amides is 2. The van der Waals surface area contributed by atoms with Gasteiger partial charge in [0, 0.05) is 23.7 Å². The fourth-order valence-electron chi connectivity index (χ4n) is 3.04. The van der Waals surface area contributed by atoms with Gasteiger partial charge in [-0.1, -0.05) is 18.2 Å². The predicted octanol–water partition coefficient (Wildman–Crippen LogP) is 4.26. The Balaban J connectivity index is 1.64. The highest BCUT2D eigenvalue weighted by atomic mass is 16.5. The summed E-state index contributed by atoms with van der Waals surface area (Å²) in [6, 6.07) is 21.2. The number of carbonyl (C=O) groups excluding carboxylic acids is 2. The molecular weight excluding hydrogens is 432 g/mol. The molecule has 34 heavy (non-hydrogen) atoms. The molecule has 0 aliphatic heterocycles. The summed E-state index contributed by atoms with van der Waals surface area (Å²) in [5.41, 5.74) is 5.53. The van der Waals surface area contributed by atoms with Crippen LogP contribution in [0.3, 0.4) is 0 Å². The quantitative estimate of drug-likeness (QED) is 0.369. The minimum Gasteiger partial charge on any atom is -0.490 e. The van der Waals surface area contributed by atoms with Crippen LogP contribution in [0.2, 0.25) is 0 Å². The van der Waals surface area contributed by atoms with Crippen LogP contribution in [-0.2, 0) is 11.4 Å². The molecule has 8 heteroatoms. The van der Waals surface area contributed by atoms with Gasteiger partial charge in [0.2, 0.25) is 5.91 Å². The molecule has 0 bridgehead atoms. The van der Waals surface area contributed by atoms with Crippen LogP contribution >= 0.6 is 0 Å². The Morgan fingerprint density at radius 2 is 1.79 bits per heavy atom. The zero-order valence-electron chi connectivity index (χ0n) is 18.9. The number of hydrogen-bond acceptors (Lipinski definition) is 6. The number of benzene rings is 3. The summed E-state index contributed by atoms with van der Waals surface area (Å²) >= 11 is 0.